The van der Waals surface area contributed by atoms with Crippen LogP contribution in [0.1, 0.15) is 44.2 Å². The molecule has 4 aliphatic carbocycles. The van der Waals surface area contributed by atoms with Crippen LogP contribution in [0, 0.1) is 40.9 Å². The number of halogens is 2. The predicted molar refractivity (Wildman–Crippen MR) is 150 cm³/mol. The summed E-state index contributed by atoms with van der Waals surface area (Å²) in [5, 5.41) is 1.17. The molecule has 4 amide bonds. The molecule has 0 N–H and O–H groups in total. The van der Waals surface area contributed by atoms with Crippen LogP contribution in [0.25, 0.3) is 0 Å². The number of carbonyl (C=O) groups is 4. The van der Waals surface area contributed by atoms with Crippen molar-refractivity contribution < 1.29 is 19.2 Å². The van der Waals surface area contributed by atoms with Crippen molar-refractivity contribution in [2.24, 2.45) is 40.9 Å². The minimum atomic E-state index is -0.811. The molecule has 2 aromatic carbocycles. The zero-order valence-corrected chi connectivity index (χ0v) is 23.9. The summed E-state index contributed by atoms with van der Waals surface area (Å²) in [6.07, 6.45) is 2.41. The lowest BCUT2D eigenvalue weighted by Gasteiger charge is -2.61. The number of likely N-dealkylation sites (tertiary alicyclic amines) is 2. The van der Waals surface area contributed by atoms with Crippen LogP contribution < -0.4 is 0 Å². The van der Waals surface area contributed by atoms with Gasteiger partial charge >= 0.3 is 0 Å². The van der Waals surface area contributed by atoms with Crippen molar-refractivity contribution in [2.75, 3.05) is 0 Å². The lowest BCUT2D eigenvalue weighted by atomic mass is 9.39. The van der Waals surface area contributed by atoms with Gasteiger partial charge in [0.05, 0.1) is 36.8 Å². The number of amides is 4. The van der Waals surface area contributed by atoms with E-state index in [0.717, 1.165) is 35.1 Å². The van der Waals surface area contributed by atoms with Crippen molar-refractivity contribution in [3.8, 4) is 0 Å². The molecular formula is C32H30Cl2N2O4. The number of hydrogen-bond donors (Lipinski definition) is 0. The van der Waals surface area contributed by atoms with E-state index in [1.165, 1.54) is 9.80 Å². The number of imide groups is 2. The first-order valence-corrected chi connectivity index (χ1v) is 14.8. The highest BCUT2D eigenvalue weighted by Gasteiger charge is 2.77. The lowest BCUT2D eigenvalue weighted by Crippen LogP contribution is -2.62. The second-order valence-electron chi connectivity index (χ2n) is 12.4. The highest BCUT2D eigenvalue weighted by atomic mass is 35.5. The van der Waals surface area contributed by atoms with E-state index in [1.54, 1.807) is 24.3 Å². The number of benzene rings is 2. The molecule has 8 heteroatoms. The van der Waals surface area contributed by atoms with Crippen LogP contribution in [0.3, 0.4) is 0 Å². The van der Waals surface area contributed by atoms with E-state index in [-0.39, 0.29) is 42.6 Å². The topological polar surface area (TPSA) is 74.8 Å². The number of hydrogen-bond acceptors (Lipinski definition) is 4. The van der Waals surface area contributed by atoms with Crippen molar-refractivity contribution in [3.63, 3.8) is 0 Å². The summed E-state index contributed by atoms with van der Waals surface area (Å²) in [6.45, 7) is 4.52. The van der Waals surface area contributed by atoms with Crippen LogP contribution in [-0.4, -0.2) is 33.4 Å². The Labute approximate surface area is 243 Å². The van der Waals surface area contributed by atoms with Crippen molar-refractivity contribution >= 4 is 46.8 Å². The smallest absolute Gasteiger partial charge is 0.234 e. The maximum absolute atomic E-state index is 14.3. The lowest BCUT2D eigenvalue weighted by molar-refractivity contribution is -0.154. The Morgan fingerprint density at radius 3 is 1.62 bits per heavy atom. The average Bonchev–Trinajstić information content (AvgIpc) is 3.33. The Hall–Kier alpha value is -2.96. The molecule has 2 bridgehead atoms. The third-order valence-corrected chi connectivity index (χ3v) is 10.9. The highest BCUT2D eigenvalue weighted by molar-refractivity contribution is 6.30. The average molecular weight is 578 g/mol. The maximum atomic E-state index is 14.3. The molecule has 206 valence electrons. The number of allylic oxidation sites excluding steroid dienone is 2. The van der Waals surface area contributed by atoms with Crippen molar-refractivity contribution in [1.29, 1.82) is 0 Å². The largest absolute Gasteiger partial charge is 0.278 e. The molecule has 2 heterocycles. The molecule has 6 nitrogen and oxygen atoms in total. The van der Waals surface area contributed by atoms with E-state index < -0.39 is 35.0 Å². The first-order chi connectivity index (χ1) is 19.1. The summed E-state index contributed by atoms with van der Waals surface area (Å²) >= 11 is 12.1. The van der Waals surface area contributed by atoms with E-state index in [2.05, 4.69) is 6.92 Å². The van der Waals surface area contributed by atoms with Crippen LogP contribution >= 0.6 is 23.2 Å². The Balaban J connectivity index is 1.32. The highest BCUT2D eigenvalue weighted by Crippen LogP contribution is 2.72. The second kappa shape index (κ2) is 9.02. The van der Waals surface area contributed by atoms with Gasteiger partial charge < -0.3 is 0 Å². The van der Waals surface area contributed by atoms with Crippen molar-refractivity contribution in [2.45, 2.75) is 46.2 Å². The van der Waals surface area contributed by atoms with E-state index >= 15 is 0 Å². The van der Waals surface area contributed by atoms with E-state index in [1.807, 2.05) is 31.2 Å². The molecule has 2 saturated heterocycles. The Morgan fingerprint density at radius 1 is 0.725 bits per heavy atom. The summed E-state index contributed by atoms with van der Waals surface area (Å²) in [5.74, 6) is -3.51. The Morgan fingerprint density at radius 2 is 1.18 bits per heavy atom. The molecule has 0 unspecified atom stereocenters. The molecule has 4 fully saturated rings. The van der Waals surface area contributed by atoms with Gasteiger partial charge in [0.1, 0.15) is 0 Å². The zero-order chi connectivity index (χ0) is 28.1. The zero-order valence-electron chi connectivity index (χ0n) is 22.4. The van der Waals surface area contributed by atoms with Gasteiger partial charge in [0.15, 0.2) is 0 Å². The third-order valence-electron chi connectivity index (χ3n) is 10.4. The number of nitrogens with zero attached hydrogens (tertiary/aromatic N) is 2. The van der Waals surface area contributed by atoms with E-state index in [4.69, 9.17) is 23.2 Å². The molecular weight excluding hydrogens is 547 g/mol. The molecule has 5 atom stereocenters. The molecule has 40 heavy (non-hydrogen) atoms. The van der Waals surface area contributed by atoms with Gasteiger partial charge in [-0.1, -0.05) is 65.5 Å². The quantitative estimate of drug-likeness (QED) is 0.347. The normalized spacial score (nSPS) is 34.5. The van der Waals surface area contributed by atoms with Crippen LogP contribution in [0.15, 0.2) is 59.7 Å². The monoisotopic (exact) mass is 576 g/mol. The summed E-state index contributed by atoms with van der Waals surface area (Å²) in [6, 6.07) is 14.3. The second-order valence-corrected chi connectivity index (χ2v) is 13.2. The maximum Gasteiger partial charge on any atom is 0.234 e. The number of rotatable bonds is 4. The Kier molecular flexibility index (Phi) is 5.86. The number of carbonyl (C=O) groups excluding carboxylic acids is 4. The van der Waals surface area contributed by atoms with E-state index in [9.17, 15) is 19.2 Å². The SMILES string of the molecule is CC1=C2CC[C@H](C)CC23[C@@H]2C(=O)N(Cc4ccc(Cl)cc4)C(=O)[C@@H]2C1[C@H]1C(=O)N(Cc2ccc(Cl)cc2)C(=O)[C@H]13. The van der Waals surface area contributed by atoms with Gasteiger partial charge in [-0.15, -0.1) is 0 Å². The summed E-state index contributed by atoms with van der Waals surface area (Å²) < 4.78 is 0. The molecule has 2 aromatic rings. The summed E-state index contributed by atoms with van der Waals surface area (Å²) in [7, 11) is 0. The molecule has 2 saturated carbocycles. The molecule has 2 aliphatic heterocycles. The fraction of sp³-hybridized carbons (Fsp3) is 0.438. The van der Waals surface area contributed by atoms with Gasteiger partial charge in [-0.05, 0) is 67.5 Å². The molecule has 6 aliphatic rings. The molecule has 8 rings (SSSR count). The van der Waals surface area contributed by atoms with Crippen molar-refractivity contribution in [1.82, 2.24) is 9.80 Å². The van der Waals surface area contributed by atoms with Crippen LogP contribution in [0.2, 0.25) is 10.0 Å². The molecule has 1 spiro atoms. The fourth-order valence-electron chi connectivity index (χ4n) is 8.94. The third kappa shape index (κ3) is 3.41. The standard InChI is InChI=1S/C32H30Cl2N2O4/c1-16-3-12-22-17(2)23-24-26(30(39)35(28(24)37)14-18-4-8-20(33)9-5-18)32(22,13-16)27-25(23)29(38)36(31(27)40)15-19-6-10-21(34)11-7-19/h4-11,16,23-27H,3,12-15H2,1-2H3/t16-,23?,24+,25+,26-,27-,32?/m0/s1. The molecule has 0 radical (unpaired) electrons. The van der Waals surface area contributed by atoms with Crippen LogP contribution in [0.4, 0.5) is 0 Å². The first-order valence-electron chi connectivity index (χ1n) is 14.0. The fourth-order valence-corrected chi connectivity index (χ4v) is 9.19. The van der Waals surface area contributed by atoms with Gasteiger partial charge in [-0.25, -0.2) is 0 Å². The predicted octanol–water partition coefficient (Wildman–Crippen LogP) is 5.66. The van der Waals surface area contributed by atoms with Crippen LogP contribution in [-0.2, 0) is 32.3 Å². The van der Waals surface area contributed by atoms with Crippen molar-refractivity contribution in [3.05, 3.63) is 80.8 Å². The summed E-state index contributed by atoms with van der Waals surface area (Å²) in [5.41, 5.74) is 3.03. The van der Waals surface area contributed by atoms with Gasteiger partial charge in [-0.3, -0.25) is 29.0 Å². The first kappa shape index (κ1) is 26.0. The van der Waals surface area contributed by atoms with E-state index in [0.29, 0.717) is 16.5 Å². The summed E-state index contributed by atoms with van der Waals surface area (Å²) in [4.78, 5) is 59.6. The van der Waals surface area contributed by atoms with Crippen LogP contribution in [0.5, 0.6) is 0 Å². The van der Waals surface area contributed by atoms with Gasteiger partial charge in [-0.2, -0.15) is 0 Å². The van der Waals surface area contributed by atoms with Gasteiger partial charge in [0, 0.05) is 21.4 Å². The minimum absolute atomic E-state index is 0.161. The Bertz CT molecular complexity index is 1410. The molecule has 0 aromatic heterocycles. The minimum Gasteiger partial charge on any atom is -0.278 e. The van der Waals surface area contributed by atoms with Gasteiger partial charge in [0.2, 0.25) is 23.6 Å². The van der Waals surface area contributed by atoms with Gasteiger partial charge in [0.25, 0.3) is 0 Å².